The summed E-state index contributed by atoms with van der Waals surface area (Å²) in [5, 5.41) is 0. The lowest BCUT2D eigenvalue weighted by atomic mass is 9.93. The Bertz CT molecular complexity index is 446. The molecule has 0 aromatic rings. The third kappa shape index (κ3) is 7.38. The van der Waals surface area contributed by atoms with Crippen LogP contribution in [0.4, 0.5) is 4.79 Å². The van der Waals surface area contributed by atoms with Crippen LogP contribution < -0.4 is 5.73 Å². The Hall–Kier alpha value is -1.50. The first kappa shape index (κ1) is 20.5. The van der Waals surface area contributed by atoms with E-state index in [9.17, 15) is 4.79 Å². The summed E-state index contributed by atoms with van der Waals surface area (Å²) in [5.41, 5.74) is 5.75. The third-order valence-corrected chi connectivity index (χ3v) is 3.67. The smallest absolute Gasteiger partial charge is 0.410 e. The molecule has 1 rings (SSSR count). The fraction of sp³-hybridized carbons (Fsp3) is 0.882. The molecule has 2 N–H and O–H groups in total. The van der Waals surface area contributed by atoms with Crippen molar-refractivity contribution in [2.45, 2.75) is 40.2 Å². The van der Waals surface area contributed by atoms with E-state index in [4.69, 9.17) is 10.5 Å². The topological polar surface area (TPSA) is 74.4 Å². The number of nitrogens with two attached hydrogens (primary N) is 1. The Morgan fingerprint density at radius 1 is 1.08 bits per heavy atom. The number of amides is 1. The molecule has 0 atom stereocenters. The molecule has 7 heteroatoms. The minimum atomic E-state index is -0.466. The first-order valence-electron chi connectivity index (χ1n) is 8.57. The molecule has 0 radical (unpaired) electrons. The van der Waals surface area contributed by atoms with Crippen LogP contribution in [0.15, 0.2) is 4.99 Å². The highest BCUT2D eigenvalue weighted by atomic mass is 16.6. The van der Waals surface area contributed by atoms with Crippen molar-refractivity contribution in [1.82, 2.24) is 14.7 Å². The van der Waals surface area contributed by atoms with Crippen molar-refractivity contribution in [2.75, 3.05) is 53.4 Å². The summed E-state index contributed by atoms with van der Waals surface area (Å²) in [6, 6.07) is 0. The molecule has 0 bridgehead atoms. The molecular formula is C17H35N5O2. The second-order valence-corrected chi connectivity index (χ2v) is 8.53. The Morgan fingerprint density at radius 2 is 1.58 bits per heavy atom. The van der Waals surface area contributed by atoms with Crippen LogP contribution in [0.3, 0.4) is 0 Å². The van der Waals surface area contributed by atoms with Gasteiger partial charge in [-0.15, -0.1) is 0 Å². The van der Waals surface area contributed by atoms with Crippen molar-refractivity contribution in [3.63, 3.8) is 0 Å². The highest BCUT2D eigenvalue weighted by Crippen LogP contribution is 2.16. The largest absolute Gasteiger partial charge is 0.444 e. The van der Waals surface area contributed by atoms with Crippen LogP contribution >= 0.6 is 0 Å². The van der Waals surface area contributed by atoms with Gasteiger partial charge in [-0.3, -0.25) is 4.99 Å². The van der Waals surface area contributed by atoms with Gasteiger partial charge in [-0.1, -0.05) is 13.8 Å². The highest BCUT2D eigenvalue weighted by molar-refractivity contribution is 5.78. The van der Waals surface area contributed by atoms with Crippen LogP contribution in [0.1, 0.15) is 34.6 Å². The van der Waals surface area contributed by atoms with E-state index in [1.54, 1.807) is 4.90 Å². The number of piperazine rings is 1. The number of aliphatic imine (C=N–C) groups is 1. The third-order valence-electron chi connectivity index (χ3n) is 3.67. The zero-order chi connectivity index (χ0) is 18.5. The molecular weight excluding hydrogens is 306 g/mol. The Balaban J connectivity index is 2.49. The summed E-state index contributed by atoms with van der Waals surface area (Å²) in [7, 11) is 4.12. The lowest BCUT2D eigenvalue weighted by molar-refractivity contribution is 0.0186. The van der Waals surface area contributed by atoms with Crippen LogP contribution in [-0.2, 0) is 4.74 Å². The predicted molar refractivity (Wildman–Crippen MR) is 98.2 cm³/mol. The number of rotatable bonds is 4. The second-order valence-electron chi connectivity index (χ2n) is 8.53. The molecule has 1 saturated heterocycles. The molecule has 24 heavy (non-hydrogen) atoms. The van der Waals surface area contributed by atoms with Gasteiger partial charge < -0.3 is 25.2 Å². The SMILES string of the molecule is CN(C)CC(C)(C)CN=C(N)N1CCN(C(=O)OC(C)(C)C)CC1. The monoisotopic (exact) mass is 341 g/mol. The van der Waals surface area contributed by atoms with Crippen LogP contribution in [0, 0.1) is 5.41 Å². The summed E-state index contributed by atoms with van der Waals surface area (Å²) in [6.45, 7) is 14.2. The van der Waals surface area contributed by atoms with E-state index in [-0.39, 0.29) is 11.5 Å². The van der Waals surface area contributed by atoms with Crippen molar-refractivity contribution in [3.05, 3.63) is 0 Å². The van der Waals surface area contributed by atoms with Gasteiger partial charge in [-0.05, 0) is 40.3 Å². The number of carbonyl (C=O) groups excluding carboxylic acids is 1. The van der Waals surface area contributed by atoms with E-state index in [0.29, 0.717) is 38.7 Å². The molecule has 0 spiro atoms. The fourth-order valence-electron chi connectivity index (χ4n) is 2.75. The van der Waals surface area contributed by atoms with Crippen LogP contribution in [0.25, 0.3) is 0 Å². The summed E-state index contributed by atoms with van der Waals surface area (Å²) < 4.78 is 5.40. The summed E-state index contributed by atoms with van der Waals surface area (Å²) in [5.74, 6) is 0.561. The van der Waals surface area contributed by atoms with Crippen molar-refractivity contribution in [2.24, 2.45) is 16.1 Å². The quantitative estimate of drug-likeness (QED) is 0.619. The van der Waals surface area contributed by atoms with E-state index in [1.165, 1.54) is 0 Å². The molecule has 1 amide bonds. The van der Waals surface area contributed by atoms with E-state index in [1.807, 2.05) is 25.7 Å². The Labute approximate surface area is 146 Å². The van der Waals surface area contributed by atoms with Crippen molar-refractivity contribution < 1.29 is 9.53 Å². The van der Waals surface area contributed by atoms with Crippen molar-refractivity contribution >= 4 is 12.1 Å². The fourth-order valence-corrected chi connectivity index (χ4v) is 2.75. The van der Waals surface area contributed by atoms with Crippen LogP contribution in [0.5, 0.6) is 0 Å². The van der Waals surface area contributed by atoms with E-state index in [2.05, 4.69) is 37.8 Å². The maximum Gasteiger partial charge on any atom is 0.410 e. The number of guanidine groups is 1. The Morgan fingerprint density at radius 3 is 2.04 bits per heavy atom. The molecule has 0 aromatic carbocycles. The molecule has 1 fully saturated rings. The normalized spacial score (nSPS) is 17.4. The molecule has 0 aliphatic carbocycles. The molecule has 7 nitrogen and oxygen atoms in total. The van der Waals surface area contributed by atoms with Gasteiger partial charge in [0.15, 0.2) is 5.96 Å². The maximum atomic E-state index is 12.1. The highest BCUT2D eigenvalue weighted by Gasteiger charge is 2.26. The van der Waals surface area contributed by atoms with Crippen molar-refractivity contribution in [1.29, 1.82) is 0 Å². The zero-order valence-electron chi connectivity index (χ0n) is 16.4. The zero-order valence-corrected chi connectivity index (χ0v) is 16.4. The molecule has 1 aliphatic rings. The number of ether oxygens (including phenoxy) is 1. The molecule has 0 unspecified atom stereocenters. The first-order chi connectivity index (χ1) is 10.9. The standard InChI is InChI=1S/C17H35N5O2/c1-16(2,3)24-15(23)22-10-8-21(9-11-22)14(18)19-12-17(4,5)13-20(6)7/h8-13H2,1-7H3,(H2,18,19). The minimum absolute atomic E-state index is 0.0758. The number of hydrogen-bond donors (Lipinski definition) is 1. The van der Waals surface area contributed by atoms with Gasteiger partial charge in [0, 0.05) is 39.3 Å². The number of carbonyl (C=O) groups is 1. The summed E-state index contributed by atoms with van der Waals surface area (Å²) >= 11 is 0. The van der Waals surface area contributed by atoms with Crippen molar-refractivity contribution in [3.8, 4) is 0 Å². The van der Waals surface area contributed by atoms with Gasteiger partial charge in [-0.25, -0.2) is 4.79 Å². The molecule has 0 aromatic heterocycles. The second kappa shape index (κ2) is 8.05. The molecule has 140 valence electrons. The number of nitrogens with zero attached hydrogens (tertiary/aromatic N) is 4. The average Bonchev–Trinajstić information content (AvgIpc) is 2.42. The lowest BCUT2D eigenvalue weighted by Crippen LogP contribution is -2.53. The van der Waals surface area contributed by atoms with Gasteiger partial charge in [-0.2, -0.15) is 0 Å². The van der Waals surface area contributed by atoms with Crippen LogP contribution in [0.2, 0.25) is 0 Å². The first-order valence-corrected chi connectivity index (χ1v) is 8.57. The summed E-state index contributed by atoms with van der Waals surface area (Å²) in [6.07, 6.45) is -0.259. The molecule has 1 heterocycles. The molecule has 1 aliphatic heterocycles. The van der Waals surface area contributed by atoms with Gasteiger partial charge >= 0.3 is 6.09 Å². The number of hydrogen-bond acceptors (Lipinski definition) is 4. The van der Waals surface area contributed by atoms with Gasteiger partial charge in [0.2, 0.25) is 0 Å². The van der Waals surface area contributed by atoms with Gasteiger partial charge in [0.05, 0.1) is 0 Å². The average molecular weight is 342 g/mol. The Kier molecular flexibility index (Phi) is 6.89. The van der Waals surface area contributed by atoms with Gasteiger partial charge in [0.25, 0.3) is 0 Å². The predicted octanol–water partition coefficient (Wildman–Crippen LogP) is 1.44. The van der Waals surface area contributed by atoms with Crippen LogP contribution in [-0.4, -0.2) is 85.7 Å². The van der Waals surface area contributed by atoms with E-state index >= 15 is 0 Å². The minimum Gasteiger partial charge on any atom is -0.444 e. The lowest BCUT2D eigenvalue weighted by Gasteiger charge is -2.36. The molecule has 0 saturated carbocycles. The maximum absolute atomic E-state index is 12.1. The summed E-state index contributed by atoms with van der Waals surface area (Å²) in [4.78, 5) is 22.5. The van der Waals surface area contributed by atoms with E-state index in [0.717, 1.165) is 6.54 Å². The van der Waals surface area contributed by atoms with E-state index < -0.39 is 5.60 Å². The van der Waals surface area contributed by atoms with Gasteiger partial charge in [0.1, 0.15) is 5.60 Å².